The molecule has 0 unspecified atom stereocenters. The molecule has 0 spiro atoms. The Balaban J connectivity index is 1.37. The van der Waals surface area contributed by atoms with Gasteiger partial charge in [-0.15, -0.1) is 5.10 Å². The highest BCUT2D eigenvalue weighted by Crippen LogP contribution is 2.17. The number of rotatable bonds is 5. The van der Waals surface area contributed by atoms with Crippen molar-refractivity contribution < 1.29 is 9.59 Å². The van der Waals surface area contributed by atoms with Crippen molar-refractivity contribution in [3.8, 4) is 5.69 Å². The number of carbonyl (C=O) groups is 2. The molecule has 0 bridgehead atoms. The van der Waals surface area contributed by atoms with Crippen LogP contribution in [-0.2, 0) is 6.54 Å². The Labute approximate surface area is 195 Å². The van der Waals surface area contributed by atoms with E-state index in [1.54, 1.807) is 4.68 Å². The Bertz CT molecular complexity index is 1120. The Kier molecular flexibility index (Phi) is 6.66. The zero-order valence-corrected chi connectivity index (χ0v) is 19.7. The second-order valence-electron chi connectivity index (χ2n) is 7.89. The fourth-order valence-electron chi connectivity index (χ4n) is 3.62. The van der Waals surface area contributed by atoms with Gasteiger partial charge in [0.15, 0.2) is 5.69 Å². The number of hydrogen-bond donors (Lipinski definition) is 1. The molecule has 1 fully saturated rings. The first-order valence-electron chi connectivity index (χ1n) is 10.5. The van der Waals surface area contributed by atoms with E-state index in [2.05, 4.69) is 43.5 Å². The molecule has 4 rings (SSSR count). The molecule has 166 valence electrons. The molecule has 8 nitrogen and oxygen atoms in total. The lowest BCUT2D eigenvalue weighted by Crippen LogP contribution is -2.47. The predicted octanol–water partition coefficient (Wildman–Crippen LogP) is 2.66. The van der Waals surface area contributed by atoms with Crippen LogP contribution in [-0.4, -0.2) is 69.8 Å². The van der Waals surface area contributed by atoms with E-state index >= 15 is 0 Å². The number of halogens is 1. The minimum absolute atomic E-state index is 0.0495. The molecule has 1 aliphatic heterocycles. The standard InChI is InChI=1S/C23H25BrN6O2/c1-16-21(26-27-30(16)20-5-3-4-19(24)14-20)22(31)25-15-17-6-8-18(9-7-17)23(32)29-12-10-28(2)11-13-29/h3-9,14H,10-13,15H2,1-2H3,(H,25,31). The maximum Gasteiger partial charge on any atom is 0.274 e. The second kappa shape index (κ2) is 9.62. The number of piperazine rings is 1. The molecule has 1 aromatic heterocycles. The summed E-state index contributed by atoms with van der Waals surface area (Å²) in [4.78, 5) is 29.4. The number of hydrogen-bond acceptors (Lipinski definition) is 5. The first-order chi connectivity index (χ1) is 15.4. The number of benzene rings is 2. The van der Waals surface area contributed by atoms with Gasteiger partial charge in [0.2, 0.25) is 0 Å². The number of carbonyl (C=O) groups excluding carboxylic acids is 2. The van der Waals surface area contributed by atoms with Crippen LogP contribution in [0.15, 0.2) is 53.0 Å². The van der Waals surface area contributed by atoms with Crippen molar-refractivity contribution in [3.63, 3.8) is 0 Å². The van der Waals surface area contributed by atoms with Crippen LogP contribution in [0.3, 0.4) is 0 Å². The molecule has 1 aliphatic rings. The Hall–Kier alpha value is -3.04. The highest BCUT2D eigenvalue weighted by atomic mass is 79.9. The number of aromatic nitrogens is 3. The van der Waals surface area contributed by atoms with E-state index in [4.69, 9.17) is 0 Å². The van der Waals surface area contributed by atoms with Crippen molar-refractivity contribution in [2.24, 2.45) is 0 Å². The van der Waals surface area contributed by atoms with Gasteiger partial charge in [0.25, 0.3) is 11.8 Å². The maximum atomic E-state index is 12.7. The summed E-state index contributed by atoms with van der Waals surface area (Å²) in [7, 11) is 2.06. The van der Waals surface area contributed by atoms with Crippen molar-refractivity contribution in [3.05, 3.63) is 75.5 Å². The summed E-state index contributed by atoms with van der Waals surface area (Å²) >= 11 is 3.44. The third-order valence-corrected chi connectivity index (χ3v) is 6.10. The van der Waals surface area contributed by atoms with E-state index in [1.807, 2.05) is 60.4 Å². The quantitative estimate of drug-likeness (QED) is 0.586. The molecule has 32 heavy (non-hydrogen) atoms. The van der Waals surface area contributed by atoms with Gasteiger partial charge >= 0.3 is 0 Å². The number of nitrogens with one attached hydrogen (secondary N) is 1. The highest BCUT2D eigenvalue weighted by Gasteiger charge is 2.20. The summed E-state index contributed by atoms with van der Waals surface area (Å²) in [6.07, 6.45) is 0. The van der Waals surface area contributed by atoms with Crippen LogP contribution in [0.4, 0.5) is 0 Å². The van der Waals surface area contributed by atoms with E-state index in [9.17, 15) is 9.59 Å². The van der Waals surface area contributed by atoms with E-state index in [-0.39, 0.29) is 17.5 Å². The van der Waals surface area contributed by atoms with Gasteiger partial charge < -0.3 is 15.1 Å². The third kappa shape index (κ3) is 4.89. The lowest BCUT2D eigenvalue weighted by molar-refractivity contribution is 0.0664. The van der Waals surface area contributed by atoms with Gasteiger partial charge in [0.05, 0.1) is 11.4 Å². The van der Waals surface area contributed by atoms with Crippen LogP contribution >= 0.6 is 15.9 Å². The summed E-state index contributed by atoms with van der Waals surface area (Å²) in [6, 6.07) is 15.0. The molecule has 9 heteroatoms. The van der Waals surface area contributed by atoms with Gasteiger partial charge in [0.1, 0.15) is 0 Å². The second-order valence-corrected chi connectivity index (χ2v) is 8.81. The average Bonchev–Trinajstić information content (AvgIpc) is 3.19. The largest absolute Gasteiger partial charge is 0.347 e. The van der Waals surface area contributed by atoms with E-state index in [1.165, 1.54) is 0 Å². The van der Waals surface area contributed by atoms with Crippen LogP contribution in [0.2, 0.25) is 0 Å². The number of amides is 2. The smallest absolute Gasteiger partial charge is 0.274 e. The fourth-order valence-corrected chi connectivity index (χ4v) is 4.00. The van der Waals surface area contributed by atoms with Crippen molar-refractivity contribution in [2.45, 2.75) is 13.5 Å². The van der Waals surface area contributed by atoms with E-state index in [0.717, 1.165) is 41.9 Å². The van der Waals surface area contributed by atoms with Crippen LogP contribution in [0.5, 0.6) is 0 Å². The summed E-state index contributed by atoms with van der Waals surface area (Å²) in [5.74, 6) is -0.241. The van der Waals surface area contributed by atoms with Gasteiger partial charge in [-0.25, -0.2) is 4.68 Å². The number of likely N-dealkylation sites (N-methyl/N-ethyl adjacent to an activating group) is 1. The minimum atomic E-state index is -0.290. The molecule has 3 aromatic rings. The number of nitrogens with zero attached hydrogens (tertiary/aromatic N) is 5. The zero-order valence-electron chi connectivity index (χ0n) is 18.1. The average molecular weight is 497 g/mol. The van der Waals surface area contributed by atoms with E-state index < -0.39 is 0 Å². The summed E-state index contributed by atoms with van der Waals surface area (Å²) in [5.41, 5.74) is 3.34. The van der Waals surface area contributed by atoms with Gasteiger partial charge in [-0.1, -0.05) is 39.3 Å². The zero-order chi connectivity index (χ0) is 22.7. The van der Waals surface area contributed by atoms with Gasteiger partial charge in [0, 0.05) is 42.8 Å². The Morgan fingerprint density at radius 1 is 1.06 bits per heavy atom. The highest BCUT2D eigenvalue weighted by molar-refractivity contribution is 9.10. The molecule has 0 atom stereocenters. The van der Waals surface area contributed by atoms with Crippen LogP contribution < -0.4 is 5.32 Å². The van der Waals surface area contributed by atoms with E-state index in [0.29, 0.717) is 17.8 Å². The van der Waals surface area contributed by atoms with Gasteiger partial charge in [-0.05, 0) is 49.9 Å². The van der Waals surface area contributed by atoms with Gasteiger partial charge in [-0.2, -0.15) is 0 Å². The van der Waals surface area contributed by atoms with Crippen LogP contribution in [0.1, 0.15) is 32.1 Å². The maximum absolute atomic E-state index is 12.7. The first kappa shape index (κ1) is 22.2. The SMILES string of the molecule is Cc1c(C(=O)NCc2ccc(C(=O)N3CCN(C)CC3)cc2)nnn1-c1cccc(Br)c1. The Morgan fingerprint density at radius 2 is 1.78 bits per heavy atom. The monoisotopic (exact) mass is 496 g/mol. The fraction of sp³-hybridized carbons (Fsp3) is 0.304. The predicted molar refractivity (Wildman–Crippen MR) is 125 cm³/mol. The summed E-state index contributed by atoms with van der Waals surface area (Å²) in [6.45, 7) is 5.42. The van der Waals surface area contributed by atoms with Gasteiger partial charge in [-0.3, -0.25) is 9.59 Å². The van der Waals surface area contributed by atoms with Crippen molar-refractivity contribution in [1.82, 2.24) is 30.1 Å². The molecule has 2 amide bonds. The molecule has 1 N–H and O–H groups in total. The Morgan fingerprint density at radius 3 is 2.47 bits per heavy atom. The van der Waals surface area contributed by atoms with Crippen LogP contribution in [0, 0.1) is 6.92 Å². The molecule has 0 aliphatic carbocycles. The minimum Gasteiger partial charge on any atom is -0.347 e. The summed E-state index contributed by atoms with van der Waals surface area (Å²) < 4.78 is 2.56. The first-order valence-corrected chi connectivity index (χ1v) is 11.2. The molecule has 0 radical (unpaired) electrons. The lowest BCUT2D eigenvalue weighted by atomic mass is 10.1. The third-order valence-electron chi connectivity index (χ3n) is 5.61. The van der Waals surface area contributed by atoms with Crippen molar-refractivity contribution >= 4 is 27.7 Å². The molecular formula is C23H25BrN6O2. The van der Waals surface area contributed by atoms with Crippen molar-refractivity contribution in [2.75, 3.05) is 33.2 Å². The normalized spacial score (nSPS) is 14.4. The molecule has 0 saturated carbocycles. The van der Waals surface area contributed by atoms with Crippen molar-refractivity contribution in [1.29, 1.82) is 0 Å². The lowest BCUT2D eigenvalue weighted by Gasteiger charge is -2.32. The summed E-state index contributed by atoms with van der Waals surface area (Å²) in [5, 5.41) is 11.1. The molecule has 2 aromatic carbocycles. The molecular weight excluding hydrogens is 472 g/mol. The molecule has 1 saturated heterocycles. The topological polar surface area (TPSA) is 83.4 Å². The molecule has 2 heterocycles. The van der Waals surface area contributed by atoms with Crippen LogP contribution in [0.25, 0.3) is 5.69 Å².